The Kier molecular flexibility index (Phi) is 8.98. The monoisotopic (exact) mass is 386 g/mol. The molecule has 1 rings (SSSR count). The maximum absolute atomic E-state index is 12.7. The van der Waals surface area contributed by atoms with Gasteiger partial charge < -0.3 is 20.5 Å². The van der Waals surface area contributed by atoms with Gasteiger partial charge in [-0.3, -0.25) is 15.0 Å². The Bertz CT molecular complexity index is 514. The van der Waals surface area contributed by atoms with Gasteiger partial charge in [0.1, 0.15) is 12.1 Å². The normalized spacial score (nSPS) is 18.9. The van der Waals surface area contributed by atoms with Crippen LogP contribution in [0.15, 0.2) is 0 Å². The van der Waals surface area contributed by atoms with E-state index in [0.29, 0.717) is 12.3 Å². The van der Waals surface area contributed by atoms with Crippen LogP contribution in [0.3, 0.4) is 0 Å². The zero-order valence-corrected chi connectivity index (χ0v) is 16.7. The van der Waals surface area contributed by atoms with Crippen molar-refractivity contribution in [1.82, 2.24) is 16.1 Å². The second-order valence-corrected chi connectivity index (χ2v) is 8.17. The van der Waals surface area contributed by atoms with Crippen LogP contribution in [-0.2, 0) is 14.3 Å². The fourth-order valence-corrected chi connectivity index (χ4v) is 3.50. The van der Waals surface area contributed by atoms with E-state index in [0.717, 1.165) is 25.7 Å². The van der Waals surface area contributed by atoms with Gasteiger partial charge in [-0.1, -0.05) is 32.1 Å². The largest absolute Gasteiger partial charge is 0.465 e. The van der Waals surface area contributed by atoms with Gasteiger partial charge in [-0.15, -0.1) is 0 Å². The molecule has 27 heavy (non-hydrogen) atoms. The minimum absolute atomic E-state index is 0.329. The van der Waals surface area contributed by atoms with E-state index in [1.165, 1.54) is 6.42 Å². The van der Waals surface area contributed by atoms with Crippen molar-refractivity contribution >= 4 is 17.9 Å². The average molecular weight is 386 g/mol. The molecule has 3 amide bonds. The number of carbonyl (C=O) groups is 3. The van der Waals surface area contributed by atoms with Gasteiger partial charge in [0.25, 0.3) is 5.91 Å². The predicted octanol–water partition coefficient (Wildman–Crippen LogP) is 1.27. The third kappa shape index (κ3) is 8.57. The van der Waals surface area contributed by atoms with Crippen LogP contribution in [0.1, 0.15) is 66.2 Å². The second kappa shape index (κ2) is 10.5. The van der Waals surface area contributed by atoms with Crippen molar-refractivity contribution in [3.63, 3.8) is 0 Å². The lowest BCUT2D eigenvalue weighted by molar-refractivity contribution is -0.135. The molecule has 0 aliphatic heterocycles. The summed E-state index contributed by atoms with van der Waals surface area (Å²) in [7, 11) is 0. The van der Waals surface area contributed by atoms with Crippen molar-refractivity contribution in [3.8, 4) is 0 Å². The molecule has 156 valence electrons. The van der Waals surface area contributed by atoms with Gasteiger partial charge in [-0.2, -0.15) is 0 Å². The number of amides is 3. The first kappa shape index (κ1) is 23.2. The Morgan fingerprint density at radius 1 is 1.11 bits per heavy atom. The molecule has 0 spiro atoms. The van der Waals surface area contributed by atoms with Crippen LogP contribution in [0, 0.1) is 5.92 Å². The lowest BCUT2D eigenvalue weighted by atomic mass is 9.84. The van der Waals surface area contributed by atoms with E-state index in [1.807, 2.05) is 20.8 Å². The van der Waals surface area contributed by atoms with Crippen LogP contribution in [0.25, 0.3) is 0 Å². The van der Waals surface area contributed by atoms with Crippen molar-refractivity contribution in [2.24, 2.45) is 11.8 Å². The molecule has 0 bridgehead atoms. The van der Waals surface area contributed by atoms with Crippen molar-refractivity contribution in [1.29, 1.82) is 0 Å². The number of ether oxygens (including phenoxy) is 1. The molecule has 0 radical (unpaired) electrons. The lowest BCUT2D eigenvalue weighted by Gasteiger charge is -2.31. The number of hydrogen-bond donors (Lipinski definition) is 5. The first-order valence-electron chi connectivity index (χ1n) is 9.51. The Morgan fingerprint density at radius 3 is 2.19 bits per heavy atom. The number of hydrazine groups is 1. The third-order valence-corrected chi connectivity index (χ3v) is 4.64. The van der Waals surface area contributed by atoms with E-state index in [4.69, 9.17) is 15.7 Å². The molecular weight excluding hydrogens is 352 g/mol. The van der Waals surface area contributed by atoms with Gasteiger partial charge in [-0.05, 0) is 40.0 Å². The quantitative estimate of drug-likeness (QED) is 0.241. The van der Waals surface area contributed by atoms with E-state index in [2.05, 4.69) is 16.1 Å². The molecule has 0 unspecified atom stereocenters. The number of hydrogen-bond acceptors (Lipinski definition) is 5. The van der Waals surface area contributed by atoms with Gasteiger partial charge in [0.2, 0.25) is 5.91 Å². The zero-order chi connectivity index (χ0) is 20.6. The molecule has 1 fully saturated rings. The van der Waals surface area contributed by atoms with E-state index < -0.39 is 41.7 Å². The fourth-order valence-electron chi connectivity index (χ4n) is 3.50. The molecule has 9 heteroatoms. The highest BCUT2D eigenvalue weighted by atomic mass is 16.5. The van der Waals surface area contributed by atoms with E-state index in [9.17, 15) is 14.4 Å². The van der Waals surface area contributed by atoms with Gasteiger partial charge >= 0.3 is 6.09 Å². The Hall–Kier alpha value is -1.87. The van der Waals surface area contributed by atoms with Gasteiger partial charge in [-0.25, -0.2) is 10.6 Å². The summed E-state index contributed by atoms with van der Waals surface area (Å²) in [5, 5.41) is 13.9. The molecule has 0 aromatic heterocycles. The molecule has 1 aliphatic carbocycles. The molecule has 0 aromatic carbocycles. The second-order valence-electron chi connectivity index (χ2n) is 8.17. The first-order chi connectivity index (χ1) is 12.5. The van der Waals surface area contributed by atoms with E-state index in [-0.39, 0.29) is 0 Å². The summed E-state index contributed by atoms with van der Waals surface area (Å²) in [5.41, 5.74) is 1.52. The van der Waals surface area contributed by atoms with Gasteiger partial charge in [0.15, 0.2) is 0 Å². The standard InChI is InChI=1S/C18H34N4O5/c1-11(27-18(2,3)4)14(21-17(25)26)16(24)20-13(15(23)22-19)10-12-8-6-5-7-9-12/h11-14,21H,5-10,19H2,1-4H3,(H,20,24)(H,22,23)(H,25,26)/t11-,13+,14+/m1/s1. The topological polar surface area (TPSA) is 143 Å². The molecule has 9 nitrogen and oxygen atoms in total. The maximum Gasteiger partial charge on any atom is 0.405 e. The smallest absolute Gasteiger partial charge is 0.405 e. The summed E-state index contributed by atoms with van der Waals surface area (Å²) in [6, 6.07) is -1.97. The van der Waals surface area contributed by atoms with Crippen LogP contribution < -0.4 is 21.9 Å². The number of carboxylic acid groups (broad SMARTS) is 1. The van der Waals surface area contributed by atoms with Crippen molar-refractivity contribution in [3.05, 3.63) is 0 Å². The average Bonchev–Trinajstić information content (AvgIpc) is 2.57. The number of nitrogens with one attached hydrogen (secondary N) is 3. The minimum Gasteiger partial charge on any atom is -0.465 e. The molecule has 0 saturated heterocycles. The van der Waals surface area contributed by atoms with Crippen LogP contribution >= 0.6 is 0 Å². The molecule has 1 saturated carbocycles. The predicted molar refractivity (Wildman–Crippen MR) is 101 cm³/mol. The molecule has 0 heterocycles. The highest BCUT2D eigenvalue weighted by Gasteiger charge is 2.34. The van der Waals surface area contributed by atoms with Crippen LogP contribution in [0.2, 0.25) is 0 Å². The number of nitrogens with two attached hydrogens (primary N) is 1. The molecule has 3 atom stereocenters. The van der Waals surface area contributed by atoms with Gasteiger partial charge in [0.05, 0.1) is 11.7 Å². The minimum atomic E-state index is -1.34. The summed E-state index contributed by atoms with van der Waals surface area (Å²) in [6.07, 6.45) is 3.81. The summed E-state index contributed by atoms with van der Waals surface area (Å²) >= 11 is 0. The lowest BCUT2D eigenvalue weighted by Crippen LogP contribution is -2.58. The maximum atomic E-state index is 12.7. The third-order valence-electron chi connectivity index (χ3n) is 4.64. The van der Waals surface area contributed by atoms with Gasteiger partial charge in [0, 0.05) is 0 Å². The van der Waals surface area contributed by atoms with Crippen LogP contribution in [-0.4, -0.2) is 46.8 Å². The zero-order valence-electron chi connectivity index (χ0n) is 16.7. The Balaban J connectivity index is 2.85. The number of rotatable bonds is 8. The molecule has 6 N–H and O–H groups in total. The van der Waals surface area contributed by atoms with E-state index >= 15 is 0 Å². The molecular formula is C18H34N4O5. The Morgan fingerprint density at radius 2 is 1.70 bits per heavy atom. The molecule has 0 aromatic rings. The fraction of sp³-hybridized carbons (Fsp3) is 0.833. The summed E-state index contributed by atoms with van der Waals surface area (Å²) in [4.78, 5) is 36.0. The van der Waals surface area contributed by atoms with Crippen LogP contribution in [0.5, 0.6) is 0 Å². The Labute approximate surface area is 160 Å². The summed E-state index contributed by atoms with van der Waals surface area (Å²) < 4.78 is 5.73. The summed E-state index contributed by atoms with van der Waals surface area (Å²) in [5.74, 6) is 4.49. The SMILES string of the molecule is C[C@@H](OC(C)(C)C)[C@H](NC(=O)O)C(=O)N[C@@H](CC1CCCCC1)C(=O)NN. The van der Waals surface area contributed by atoms with Crippen LogP contribution in [0.4, 0.5) is 4.79 Å². The highest BCUT2D eigenvalue weighted by molar-refractivity contribution is 5.91. The highest BCUT2D eigenvalue weighted by Crippen LogP contribution is 2.27. The van der Waals surface area contributed by atoms with E-state index in [1.54, 1.807) is 6.92 Å². The van der Waals surface area contributed by atoms with Crippen molar-refractivity contribution < 1.29 is 24.2 Å². The summed E-state index contributed by atoms with van der Waals surface area (Å²) in [6.45, 7) is 7.05. The number of carbonyl (C=O) groups excluding carboxylic acids is 2. The van der Waals surface area contributed by atoms with Crippen molar-refractivity contribution in [2.45, 2.75) is 90.0 Å². The molecule has 1 aliphatic rings. The van der Waals surface area contributed by atoms with Crippen molar-refractivity contribution in [2.75, 3.05) is 0 Å². The first-order valence-corrected chi connectivity index (χ1v) is 9.51.